The van der Waals surface area contributed by atoms with Crippen molar-refractivity contribution in [1.29, 1.82) is 0 Å². The molecular formula is C17H26N2O2. The number of amides is 1. The fraction of sp³-hybridized carbons (Fsp3) is 0.588. The maximum atomic E-state index is 12.4. The van der Waals surface area contributed by atoms with E-state index in [9.17, 15) is 9.90 Å². The molecule has 3 N–H and O–H groups in total. The molecule has 0 saturated carbocycles. The summed E-state index contributed by atoms with van der Waals surface area (Å²) in [5, 5.41) is 15.6. The average molecular weight is 290 g/mol. The number of hydrogen-bond acceptors (Lipinski definition) is 3. The third-order valence-corrected chi connectivity index (χ3v) is 4.12. The second kappa shape index (κ2) is 6.58. The molecule has 21 heavy (non-hydrogen) atoms. The highest BCUT2D eigenvalue weighted by Crippen LogP contribution is 2.22. The molecule has 1 aromatic carbocycles. The van der Waals surface area contributed by atoms with Crippen LogP contribution in [-0.4, -0.2) is 30.2 Å². The summed E-state index contributed by atoms with van der Waals surface area (Å²) in [5.74, 6) is -0.0586. The van der Waals surface area contributed by atoms with Crippen LogP contribution in [0.1, 0.15) is 48.7 Å². The Morgan fingerprint density at radius 1 is 1.38 bits per heavy atom. The molecule has 0 saturated heterocycles. The first kappa shape index (κ1) is 16.0. The molecule has 0 spiro atoms. The summed E-state index contributed by atoms with van der Waals surface area (Å²) in [7, 11) is 0. The lowest BCUT2D eigenvalue weighted by atomic mass is 9.84. The topological polar surface area (TPSA) is 61.4 Å². The smallest absolute Gasteiger partial charge is 0.251 e. The molecule has 0 bridgehead atoms. The van der Waals surface area contributed by atoms with Crippen molar-refractivity contribution in [3.05, 3.63) is 34.9 Å². The Bertz CT molecular complexity index is 506. The molecule has 0 aromatic heterocycles. The van der Waals surface area contributed by atoms with E-state index in [0.29, 0.717) is 12.0 Å². The third kappa shape index (κ3) is 4.05. The van der Waals surface area contributed by atoms with Gasteiger partial charge in [0.2, 0.25) is 0 Å². The standard InChI is InChI=1S/C17H26N2O2/c1-17(2,3)15(7-9-20)19-16(21)13-5-4-12-6-8-18-11-14(12)10-13/h4-5,10,15,18,20H,6-9,11H2,1-3H3,(H,19,21). The minimum Gasteiger partial charge on any atom is -0.396 e. The number of aliphatic hydroxyl groups excluding tert-OH is 1. The molecule has 1 heterocycles. The Morgan fingerprint density at radius 2 is 2.14 bits per heavy atom. The van der Waals surface area contributed by atoms with Gasteiger partial charge >= 0.3 is 0 Å². The van der Waals surface area contributed by atoms with Gasteiger partial charge in [-0.25, -0.2) is 0 Å². The summed E-state index contributed by atoms with van der Waals surface area (Å²) in [6.07, 6.45) is 1.59. The van der Waals surface area contributed by atoms with Gasteiger partial charge in [-0.3, -0.25) is 4.79 Å². The highest BCUT2D eigenvalue weighted by Gasteiger charge is 2.26. The molecule has 4 heteroatoms. The number of carbonyl (C=O) groups is 1. The summed E-state index contributed by atoms with van der Waals surface area (Å²) in [6, 6.07) is 5.90. The van der Waals surface area contributed by atoms with E-state index in [1.54, 1.807) is 0 Å². The van der Waals surface area contributed by atoms with Gasteiger partial charge in [0.05, 0.1) is 0 Å². The largest absolute Gasteiger partial charge is 0.396 e. The van der Waals surface area contributed by atoms with Crippen LogP contribution in [0, 0.1) is 5.41 Å². The van der Waals surface area contributed by atoms with Crippen molar-refractivity contribution in [3.8, 4) is 0 Å². The normalized spacial score (nSPS) is 16.2. The lowest BCUT2D eigenvalue weighted by molar-refractivity contribution is 0.0885. The van der Waals surface area contributed by atoms with E-state index in [2.05, 4.69) is 37.5 Å². The molecule has 2 rings (SSSR count). The van der Waals surface area contributed by atoms with Crippen LogP contribution >= 0.6 is 0 Å². The Morgan fingerprint density at radius 3 is 2.81 bits per heavy atom. The van der Waals surface area contributed by atoms with Crippen LogP contribution in [0.25, 0.3) is 0 Å². The lowest BCUT2D eigenvalue weighted by Gasteiger charge is -2.31. The van der Waals surface area contributed by atoms with Gasteiger partial charge in [0, 0.05) is 24.8 Å². The molecule has 0 fully saturated rings. The first-order valence-electron chi connectivity index (χ1n) is 7.66. The Hall–Kier alpha value is -1.39. The third-order valence-electron chi connectivity index (χ3n) is 4.12. The molecule has 1 aliphatic heterocycles. The summed E-state index contributed by atoms with van der Waals surface area (Å²) >= 11 is 0. The lowest BCUT2D eigenvalue weighted by Crippen LogP contribution is -2.44. The second-order valence-electron chi connectivity index (χ2n) is 6.81. The van der Waals surface area contributed by atoms with Crippen molar-refractivity contribution in [3.63, 3.8) is 0 Å². The van der Waals surface area contributed by atoms with Gasteiger partial charge in [-0.1, -0.05) is 26.8 Å². The first-order chi connectivity index (χ1) is 9.91. The SMILES string of the molecule is CC(C)(C)C(CCO)NC(=O)c1ccc2c(c1)CNCC2. The highest BCUT2D eigenvalue weighted by atomic mass is 16.3. The number of rotatable bonds is 4. The van der Waals surface area contributed by atoms with Crippen molar-refractivity contribution in [2.45, 2.75) is 46.2 Å². The number of carbonyl (C=O) groups excluding carboxylic acids is 1. The zero-order valence-corrected chi connectivity index (χ0v) is 13.2. The molecule has 1 aromatic rings. The van der Waals surface area contributed by atoms with E-state index in [-0.39, 0.29) is 24.0 Å². The molecule has 116 valence electrons. The highest BCUT2D eigenvalue weighted by molar-refractivity contribution is 5.94. The molecule has 4 nitrogen and oxygen atoms in total. The van der Waals surface area contributed by atoms with Gasteiger partial charge in [-0.05, 0) is 48.1 Å². The molecule has 1 amide bonds. The molecule has 0 radical (unpaired) electrons. The predicted octanol–water partition coefficient (Wildman–Crippen LogP) is 1.86. The summed E-state index contributed by atoms with van der Waals surface area (Å²) in [5.41, 5.74) is 3.16. The minimum atomic E-state index is -0.0752. The van der Waals surface area contributed by atoms with E-state index in [4.69, 9.17) is 0 Å². The van der Waals surface area contributed by atoms with E-state index in [1.807, 2.05) is 12.1 Å². The maximum absolute atomic E-state index is 12.4. The van der Waals surface area contributed by atoms with E-state index < -0.39 is 0 Å². The van der Waals surface area contributed by atoms with Gasteiger partial charge in [-0.2, -0.15) is 0 Å². The van der Waals surface area contributed by atoms with Crippen LogP contribution in [0.4, 0.5) is 0 Å². The predicted molar refractivity (Wildman–Crippen MR) is 84.3 cm³/mol. The van der Waals surface area contributed by atoms with Gasteiger partial charge in [0.25, 0.3) is 5.91 Å². The van der Waals surface area contributed by atoms with Crippen LogP contribution in [0.5, 0.6) is 0 Å². The molecule has 1 atom stereocenters. The Kier molecular flexibility index (Phi) is 5.01. The Labute approximate surface area is 126 Å². The second-order valence-corrected chi connectivity index (χ2v) is 6.81. The maximum Gasteiger partial charge on any atom is 0.251 e. The van der Waals surface area contributed by atoms with E-state index in [1.165, 1.54) is 11.1 Å². The van der Waals surface area contributed by atoms with Gasteiger partial charge in [0.15, 0.2) is 0 Å². The number of nitrogens with one attached hydrogen (secondary N) is 2. The number of aliphatic hydroxyl groups is 1. The van der Waals surface area contributed by atoms with E-state index in [0.717, 1.165) is 19.5 Å². The van der Waals surface area contributed by atoms with Crippen molar-refractivity contribution in [2.75, 3.05) is 13.2 Å². The molecule has 1 unspecified atom stereocenters. The van der Waals surface area contributed by atoms with Gasteiger partial charge in [-0.15, -0.1) is 0 Å². The number of hydrogen-bond donors (Lipinski definition) is 3. The number of fused-ring (bicyclic) bond motifs is 1. The van der Waals surface area contributed by atoms with Crippen LogP contribution in [-0.2, 0) is 13.0 Å². The van der Waals surface area contributed by atoms with Crippen LogP contribution in [0.3, 0.4) is 0 Å². The number of benzene rings is 1. The van der Waals surface area contributed by atoms with Crippen LogP contribution in [0.2, 0.25) is 0 Å². The summed E-state index contributed by atoms with van der Waals surface area (Å²) < 4.78 is 0. The molecule has 0 aliphatic carbocycles. The molecule has 1 aliphatic rings. The van der Waals surface area contributed by atoms with E-state index >= 15 is 0 Å². The zero-order chi connectivity index (χ0) is 15.5. The quantitative estimate of drug-likeness (QED) is 0.793. The van der Waals surface area contributed by atoms with Crippen molar-refractivity contribution in [2.24, 2.45) is 5.41 Å². The van der Waals surface area contributed by atoms with Crippen LogP contribution < -0.4 is 10.6 Å². The summed E-state index contributed by atoms with van der Waals surface area (Å²) in [6.45, 7) is 8.13. The van der Waals surface area contributed by atoms with Crippen molar-refractivity contribution < 1.29 is 9.90 Å². The van der Waals surface area contributed by atoms with Gasteiger partial charge < -0.3 is 15.7 Å². The van der Waals surface area contributed by atoms with Gasteiger partial charge in [0.1, 0.15) is 0 Å². The Balaban J connectivity index is 2.12. The van der Waals surface area contributed by atoms with Crippen LogP contribution in [0.15, 0.2) is 18.2 Å². The van der Waals surface area contributed by atoms with Crippen molar-refractivity contribution in [1.82, 2.24) is 10.6 Å². The monoisotopic (exact) mass is 290 g/mol. The fourth-order valence-corrected chi connectivity index (χ4v) is 2.71. The fourth-order valence-electron chi connectivity index (χ4n) is 2.71. The first-order valence-corrected chi connectivity index (χ1v) is 7.66. The minimum absolute atomic E-state index is 0.0378. The average Bonchev–Trinajstić information content (AvgIpc) is 2.45. The summed E-state index contributed by atoms with van der Waals surface area (Å²) in [4.78, 5) is 12.4. The molecular weight excluding hydrogens is 264 g/mol. The van der Waals surface area contributed by atoms with Crippen molar-refractivity contribution >= 4 is 5.91 Å². The zero-order valence-electron chi connectivity index (χ0n) is 13.2.